The summed E-state index contributed by atoms with van der Waals surface area (Å²) in [5.74, 6) is -0.0560. The molecule has 0 aliphatic heterocycles. The molecule has 3 rings (SSSR count). The number of carbonyl (C=O) groups excluding carboxylic acids is 1. The summed E-state index contributed by atoms with van der Waals surface area (Å²) in [5, 5.41) is 5.22. The fraction of sp³-hybridized carbons (Fsp3) is 0.0769. The van der Waals surface area contributed by atoms with Gasteiger partial charge in [-0.15, -0.1) is 22.7 Å². The third-order valence-corrected chi connectivity index (χ3v) is 4.72. The van der Waals surface area contributed by atoms with Gasteiger partial charge in [0.15, 0.2) is 15.6 Å². The lowest BCUT2D eigenvalue weighted by atomic mass is 10.4. The van der Waals surface area contributed by atoms with Gasteiger partial charge in [-0.25, -0.2) is 4.98 Å². The number of hydrogen-bond acceptors (Lipinski definition) is 5. The minimum absolute atomic E-state index is 0.251. The van der Waals surface area contributed by atoms with Crippen molar-refractivity contribution in [2.24, 2.45) is 0 Å². The van der Waals surface area contributed by atoms with Gasteiger partial charge in [-0.05, 0) is 47.1 Å². The van der Waals surface area contributed by atoms with Crippen molar-refractivity contribution < 1.29 is 9.21 Å². The van der Waals surface area contributed by atoms with E-state index in [4.69, 9.17) is 4.42 Å². The quantitative estimate of drug-likeness (QED) is 0.722. The van der Waals surface area contributed by atoms with Crippen LogP contribution < -0.4 is 5.32 Å². The van der Waals surface area contributed by atoms with Crippen LogP contribution in [0.3, 0.4) is 0 Å². The maximum Gasteiger partial charge on any atom is 0.293 e. The number of thiazole rings is 1. The lowest BCUT2D eigenvalue weighted by molar-refractivity contribution is 0.0995. The lowest BCUT2D eigenvalue weighted by Crippen LogP contribution is -2.10. The first-order chi connectivity index (χ1) is 9.61. The highest BCUT2D eigenvalue weighted by Gasteiger charge is 2.13. The van der Waals surface area contributed by atoms with E-state index in [9.17, 15) is 4.79 Å². The van der Waals surface area contributed by atoms with Crippen LogP contribution >= 0.6 is 38.6 Å². The van der Waals surface area contributed by atoms with Crippen molar-refractivity contribution in [3.8, 4) is 10.6 Å². The molecule has 0 spiro atoms. The van der Waals surface area contributed by atoms with Gasteiger partial charge in [-0.1, -0.05) is 0 Å². The van der Waals surface area contributed by atoms with Crippen molar-refractivity contribution in [1.82, 2.24) is 4.98 Å². The van der Waals surface area contributed by atoms with E-state index in [2.05, 4.69) is 39.2 Å². The van der Waals surface area contributed by atoms with Gasteiger partial charge in [0, 0.05) is 10.3 Å². The molecule has 20 heavy (non-hydrogen) atoms. The number of hydrogen-bond donors (Lipinski definition) is 1. The number of aryl methyl sites for hydroxylation is 1. The molecule has 0 saturated heterocycles. The summed E-state index contributed by atoms with van der Waals surface area (Å²) in [5.41, 5.74) is 0.879. The molecule has 0 unspecified atom stereocenters. The summed E-state index contributed by atoms with van der Waals surface area (Å²) >= 11 is 6.24. The number of carbonyl (C=O) groups is 1. The molecular formula is C13H9BrN2O2S2. The minimum Gasteiger partial charge on any atom is -0.444 e. The van der Waals surface area contributed by atoms with Crippen LogP contribution in [0.1, 0.15) is 15.4 Å². The molecule has 0 bridgehead atoms. The third-order valence-electron chi connectivity index (χ3n) is 2.51. The SMILES string of the molecule is Cc1ccc(-c2csc(NC(=O)c3ccc(Br)o3)n2)s1. The first kappa shape index (κ1) is 13.5. The summed E-state index contributed by atoms with van der Waals surface area (Å²) in [4.78, 5) is 18.7. The predicted molar refractivity (Wildman–Crippen MR) is 84.5 cm³/mol. The Labute approximate surface area is 131 Å². The van der Waals surface area contributed by atoms with Crippen LogP contribution in [0.4, 0.5) is 5.13 Å². The fourth-order valence-corrected chi connectivity index (χ4v) is 3.53. The zero-order chi connectivity index (χ0) is 14.1. The largest absolute Gasteiger partial charge is 0.444 e. The molecular weight excluding hydrogens is 360 g/mol. The molecule has 0 fully saturated rings. The van der Waals surface area contributed by atoms with Crippen molar-refractivity contribution in [1.29, 1.82) is 0 Å². The molecule has 0 aliphatic carbocycles. The Morgan fingerprint density at radius 2 is 2.20 bits per heavy atom. The van der Waals surface area contributed by atoms with Crippen molar-refractivity contribution in [3.63, 3.8) is 0 Å². The highest BCUT2D eigenvalue weighted by Crippen LogP contribution is 2.30. The summed E-state index contributed by atoms with van der Waals surface area (Å²) in [6.45, 7) is 2.05. The van der Waals surface area contributed by atoms with Gasteiger partial charge >= 0.3 is 0 Å². The van der Waals surface area contributed by atoms with Gasteiger partial charge in [0.25, 0.3) is 5.91 Å². The minimum atomic E-state index is -0.307. The first-order valence-corrected chi connectivity index (χ1v) is 8.20. The Morgan fingerprint density at radius 3 is 2.85 bits per heavy atom. The second-order valence-electron chi connectivity index (χ2n) is 4.01. The average molecular weight is 369 g/mol. The second-order valence-corrected chi connectivity index (χ2v) is 6.93. The molecule has 0 aromatic carbocycles. The van der Waals surface area contributed by atoms with E-state index < -0.39 is 0 Å². The summed E-state index contributed by atoms with van der Waals surface area (Å²) in [6.07, 6.45) is 0. The standard InChI is InChI=1S/C13H9BrN2O2S2/c1-7-2-4-10(20-7)8-6-19-13(15-8)16-12(17)9-3-5-11(14)18-9/h2-6H,1H3,(H,15,16,17). The zero-order valence-electron chi connectivity index (χ0n) is 10.3. The molecule has 0 aliphatic rings. The highest BCUT2D eigenvalue weighted by molar-refractivity contribution is 9.10. The first-order valence-electron chi connectivity index (χ1n) is 5.71. The molecule has 3 aromatic heterocycles. The molecule has 1 N–H and O–H groups in total. The number of halogens is 1. The normalized spacial score (nSPS) is 10.7. The maximum absolute atomic E-state index is 11.9. The number of anilines is 1. The van der Waals surface area contributed by atoms with E-state index in [0.717, 1.165) is 10.6 Å². The number of aromatic nitrogens is 1. The topological polar surface area (TPSA) is 55.1 Å². The van der Waals surface area contributed by atoms with Crippen molar-refractivity contribution in [3.05, 3.63) is 45.0 Å². The Hall–Kier alpha value is -1.44. The Balaban J connectivity index is 1.76. The number of amides is 1. The predicted octanol–water partition coefficient (Wildman–Crippen LogP) is 4.79. The van der Waals surface area contributed by atoms with E-state index in [1.165, 1.54) is 16.2 Å². The van der Waals surface area contributed by atoms with Gasteiger partial charge in [-0.2, -0.15) is 0 Å². The molecule has 0 radical (unpaired) electrons. The van der Waals surface area contributed by atoms with E-state index in [1.54, 1.807) is 23.5 Å². The number of thiophene rings is 1. The zero-order valence-corrected chi connectivity index (χ0v) is 13.6. The van der Waals surface area contributed by atoms with Crippen LogP contribution in [0.2, 0.25) is 0 Å². The Kier molecular flexibility index (Phi) is 3.73. The third kappa shape index (κ3) is 2.84. The molecule has 7 heteroatoms. The van der Waals surface area contributed by atoms with Gasteiger partial charge in [0.1, 0.15) is 0 Å². The summed E-state index contributed by atoms with van der Waals surface area (Å²) in [6, 6.07) is 7.37. The van der Waals surface area contributed by atoms with Crippen LogP contribution in [0.25, 0.3) is 10.6 Å². The highest BCUT2D eigenvalue weighted by atomic mass is 79.9. The smallest absolute Gasteiger partial charge is 0.293 e. The molecule has 0 atom stereocenters. The van der Waals surface area contributed by atoms with Crippen molar-refractivity contribution >= 4 is 49.6 Å². The maximum atomic E-state index is 11.9. The van der Waals surface area contributed by atoms with E-state index in [-0.39, 0.29) is 11.7 Å². The molecule has 1 amide bonds. The van der Waals surface area contributed by atoms with Crippen molar-refractivity contribution in [2.45, 2.75) is 6.92 Å². The summed E-state index contributed by atoms with van der Waals surface area (Å²) < 4.78 is 5.72. The molecule has 3 heterocycles. The van der Waals surface area contributed by atoms with Crippen LogP contribution in [-0.2, 0) is 0 Å². The van der Waals surface area contributed by atoms with Crippen LogP contribution in [0.15, 0.2) is 38.7 Å². The van der Waals surface area contributed by atoms with E-state index >= 15 is 0 Å². The van der Waals surface area contributed by atoms with Gasteiger partial charge in [0.05, 0.1) is 10.6 Å². The van der Waals surface area contributed by atoms with Gasteiger partial charge in [-0.3, -0.25) is 10.1 Å². The molecule has 0 saturated carbocycles. The van der Waals surface area contributed by atoms with Crippen molar-refractivity contribution in [2.75, 3.05) is 5.32 Å². The second kappa shape index (κ2) is 5.51. The van der Waals surface area contributed by atoms with Crippen LogP contribution in [0.5, 0.6) is 0 Å². The van der Waals surface area contributed by atoms with Gasteiger partial charge < -0.3 is 4.42 Å². The summed E-state index contributed by atoms with van der Waals surface area (Å²) in [7, 11) is 0. The Bertz CT molecular complexity index is 760. The van der Waals surface area contributed by atoms with Crippen LogP contribution in [-0.4, -0.2) is 10.9 Å². The number of nitrogens with one attached hydrogen (secondary N) is 1. The number of furan rings is 1. The monoisotopic (exact) mass is 368 g/mol. The molecule has 102 valence electrons. The van der Waals surface area contributed by atoms with E-state index in [1.807, 2.05) is 11.4 Å². The molecule has 4 nitrogen and oxygen atoms in total. The number of nitrogens with zero attached hydrogens (tertiary/aromatic N) is 1. The number of rotatable bonds is 3. The lowest BCUT2D eigenvalue weighted by Gasteiger charge is -1.97. The fourth-order valence-electron chi connectivity index (χ4n) is 1.61. The Morgan fingerprint density at radius 1 is 1.35 bits per heavy atom. The molecule has 3 aromatic rings. The van der Waals surface area contributed by atoms with Gasteiger partial charge in [0.2, 0.25) is 0 Å². The van der Waals surface area contributed by atoms with Crippen LogP contribution in [0, 0.1) is 6.92 Å². The average Bonchev–Trinajstić information content (AvgIpc) is 3.10. The van der Waals surface area contributed by atoms with E-state index in [0.29, 0.717) is 9.80 Å².